The van der Waals surface area contributed by atoms with Crippen LogP contribution in [0.5, 0.6) is 5.75 Å². The lowest BCUT2D eigenvalue weighted by Gasteiger charge is -2.03. The zero-order valence-corrected chi connectivity index (χ0v) is 10.1. The highest BCUT2D eigenvalue weighted by molar-refractivity contribution is 7.93. The van der Waals surface area contributed by atoms with Gasteiger partial charge >= 0.3 is 0 Å². The van der Waals surface area contributed by atoms with Crippen molar-refractivity contribution < 1.29 is 8.95 Å². The maximum atomic E-state index is 12.0. The normalized spacial score (nSPS) is 11.1. The van der Waals surface area contributed by atoms with Crippen LogP contribution in [0.3, 0.4) is 0 Å². The molecule has 1 aromatic rings. The summed E-state index contributed by atoms with van der Waals surface area (Å²) in [4.78, 5) is 4.06. The van der Waals surface area contributed by atoms with Gasteiger partial charge in [-0.2, -0.15) is 4.36 Å². The third-order valence-electron chi connectivity index (χ3n) is 2.12. The third kappa shape index (κ3) is 3.20. The third-order valence-corrected chi connectivity index (χ3v) is 4.44. The number of hydrogen-bond donors (Lipinski definition) is 0. The summed E-state index contributed by atoms with van der Waals surface area (Å²) in [5.41, 5.74) is 0. The van der Waals surface area contributed by atoms with Crippen LogP contribution in [0, 0.1) is 0 Å². The van der Waals surface area contributed by atoms with E-state index in [0.29, 0.717) is 23.1 Å². The van der Waals surface area contributed by atoms with Gasteiger partial charge in [-0.3, -0.25) is 0 Å². The van der Waals surface area contributed by atoms with Gasteiger partial charge in [0.15, 0.2) is 5.82 Å². The monoisotopic (exact) mass is 228 g/mol. The maximum Gasteiger partial charge on any atom is 0.161 e. The van der Waals surface area contributed by atoms with Crippen LogP contribution in [0.1, 0.15) is 13.8 Å². The molecule has 1 aromatic heterocycles. The number of rotatable bonds is 4. The summed E-state index contributed by atoms with van der Waals surface area (Å²) in [5.74, 6) is 2.28. The molecular weight excluding hydrogens is 212 g/mol. The number of aromatic nitrogens is 1. The molecule has 0 amide bonds. The van der Waals surface area contributed by atoms with Crippen LogP contribution in [0.15, 0.2) is 22.7 Å². The number of ether oxygens (including phenoxy) is 1. The molecule has 0 spiro atoms. The first-order valence-electron chi connectivity index (χ1n) is 4.86. The van der Waals surface area contributed by atoms with E-state index in [0.717, 1.165) is 0 Å². The second kappa shape index (κ2) is 5.11. The van der Waals surface area contributed by atoms with Gasteiger partial charge in [0, 0.05) is 11.5 Å². The van der Waals surface area contributed by atoms with E-state index in [1.807, 2.05) is 13.8 Å². The van der Waals surface area contributed by atoms with Crippen molar-refractivity contribution in [2.45, 2.75) is 13.8 Å². The lowest BCUT2D eigenvalue weighted by atomic mass is 10.4. The van der Waals surface area contributed by atoms with Crippen molar-refractivity contribution in [3.63, 3.8) is 0 Å². The van der Waals surface area contributed by atoms with E-state index in [9.17, 15) is 4.21 Å². The fourth-order valence-corrected chi connectivity index (χ4v) is 2.17. The first-order chi connectivity index (χ1) is 7.13. The molecule has 84 valence electrons. The summed E-state index contributed by atoms with van der Waals surface area (Å²) in [6.07, 6.45) is 1.57. The lowest BCUT2D eigenvalue weighted by molar-refractivity contribution is 0.413. The summed E-state index contributed by atoms with van der Waals surface area (Å²) < 4.78 is 21.1. The molecule has 1 rings (SSSR count). The Bertz CT molecular complexity index is 410. The van der Waals surface area contributed by atoms with E-state index in [1.54, 1.807) is 25.4 Å². The number of nitrogens with zero attached hydrogens (tertiary/aromatic N) is 2. The van der Waals surface area contributed by atoms with Gasteiger partial charge in [-0.15, -0.1) is 0 Å². The molecule has 0 saturated heterocycles. The largest absolute Gasteiger partial charge is 0.495 e. The van der Waals surface area contributed by atoms with Crippen molar-refractivity contribution >= 4 is 15.5 Å². The zero-order valence-electron chi connectivity index (χ0n) is 9.27. The molecule has 5 heteroatoms. The van der Waals surface area contributed by atoms with Crippen molar-refractivity contribution in [1.29, 1.82) is 0 Å². The summed E-state index contributed by atoms with van der Waals surface area (Å²) >= 11 is 0. The minimum absolute atomic E-state index is 0.504. The van der Waals surface area contributed by atoms with Crippen molar-refractivity contribution in [1.82, 2.24) is 4.98 Å². The van der Waals surface area contributed by atoms with E-state index >= 15 is 0 Å². The van der Waals surface area contributed by atoms with Gasteiger partial charge < -0.3 is 4.74 Å². The minimum Gasteiger partial charge on any atom is -0.495 e. The predicted octanol–water partition coefficient (Wildman–Crippen LogP) is 2.23. The highest BCUT2D eigenvalue weighted by atomic mass is 32.2. The Morgan fingerprint density at radius 2 is 2.07 bits per heavy atom. The molecule has 0 atom stereocenters. The van der Waals surface area contributed by atoms with Crippen LogP contribution in [0.2, 0.25) is 0 Å². The molecule has 0 fully saturated rings. The smallest absolute Gasteiger partial charge is 0.161 e. The van der Waals surface area contributed by atoms with Crippen molar-refractivity contribution in [2.75, 3.05) is 18.6 Å². The van der Waals surface area contributed by atoms with Crippen molar-refractivity contribution in [3.05, 3.63) is 18.3 Å². The van der Waals surface area contributed by atoms with E-state index in [-0.39, 0.29) is 0 Å². The number of hydrogen-bond acceptors (Lipinski definition) is 4. The summed E-state index contributed by atoms with van der Waals surface area (Å²) in [5, 5.41) is 0. The van der Waals surface area contributed by atoms with Crippen LogP contribution in [-0.4, -0.2) is 27.8 Å². The number of pyridine rings is 1. The average molecular weight is 228 g/mol. The average Bonchev–Trinajstić information content (AvgIpc) is 2.30. The highest BCUT2D eigenvalue weighted by Gasteiger charge is 2.03. The van der Waals surface area contributed by atoms with Crippen molar-refractivity contribution in [3.8, 4) is 5.75 Å². The summed E-state index contributed by atoms with van der Waals surface area (Å²) in [7, 11) is -0.537. The van der Waals surface area contributed by atoms with Crippen LogP contribution in [-0.2, 0) is 9.73 Å². The highest BCUT2D eigenvalue weighted by Crippen LogP contribution is 2.16. The Hall–Kier alpha value is -1.10. The summed E-state index contributed by atoms with van der Waals surface area (Å²) in [6, 6.07) is 3.47. The Morgan fingerprint density at radius 3 is 2.47 bits per heavy atom. The minimum atomic E-state index is -2.12. The van der Waals surface area contributed by atoms with Crippen molar-refractivity contribution in [2.24, 2.45) is 4.36 Å². The SMILES string of the molecule is CCS(=O)(CC)=Nc1ccc(OC)cn1. The Labute approximate surface area is 90.9 Å². The fourth-order valence-electron chi connectivity index (χ4n) is 1.05. The lowest BCUT2D eigenvalue weighted by Crippen LogP contribution is -2.05. The van der Waals surface area contributed by atoms with Gasteiger partial charge in [0.1, 0.15) is 5.75 Å². The molecule has 0 unspecified atom stereocenters. The second-order valence-electron chi connectivity index (χ2n) is 3.00. The second-order valence-corrected chi connectivity index (χ2v) is 5.88. The fraction of sp³-hybridized carbons (Fsp3) is 0.500. The molecule has 0 aliphatic heterocycles. The quantitative estimate of drug-likeness (QED) is 0.794. The molecular formula is C10H16N2O2S. The maximum absolute atomic E-state index is 12.0. The molecule has 1 heterocycles. The van der Waals surface area contributed by atoms with Gasteiger partial charge in [-0.1, -0.05) is 13.8 Å². The predicted molar refractivity (Wildman–Crippen MR) is 62.1 cm³/mol. The van der Waals surface area contributed by atoms with Crippen LogP contribution >= 0.6 is 0 Å². The van der Waals surface area contributed by atoms with E-state index in [2.05, 4.69) is 9.35 Å². The molecule has 0 saturated carbocycles. The van der Waals surface area contributed by atoms with Crippen LogP contribution in [0.25, 0.3) is 0 Å². The first-order valence-corrected chi connectivity index (χ1v) is 6.71. The molecule has 0 N–H and O–H groups in total. The Balaban J connectivity index is 3.03. The summed E-state index contributed by atoms with van der Waals surface area (Å²) in [6.45, 7) is 3.75. The molecule has 0 radical (unpaired) electrons. The first kappa shape index (κ1) is 12.0. The van der Waals surface area contributed by atoms with E-state index < -0.39 is 9.73 Å². The van der Waals surface area contributed by atoms with Gasteiger partial charge in [0.05, 0.1) is 23.0 Å². The Morgan fingerprint density at radius 1 is 1.40 bits per heavy atom. The molecule has 0 aromatic carbocycles. The zero-order chi connectivity index (χ0) is 11.3. The molecule has 0 bridgehead atoms. The number of methoxy groups -OCH3 is 1. The van der Waals surface area contributed by atoms with E-state index in [4.69, 9.17) is 4.74 Å². The standard InChI is InChI=1S/C10H16N2O2S/c1-4-15(13,5-2)12-10-7-6-9(14-3)8-11-10/h6-8H,4-5H2,1-3H3. The van der Waals surface area contributed by atoms with Crippen LogP contribution < -0.4 is 4.74 Å². The topological polar surface area (TPSA) is 51.5 Å². The van der Waals surface area contributed by atoms with Gasteiger partial charge in [0.2, 0.25) is 0 Å². The van der Waals surface area contributed by atoms with E-state index in [1.165, 1.54) is 0 Å². The molecule has 4 nitrogen and oxygen atoms in total. The molecule has 0 aliphatic carbocycles. The van der Waals surface area contributed by atoms with Gasteiger partial charge in [0.25, 0.3) is 0 Å². The molecule has 15 heavy (non-hydrogen) atoms. The van der Waals surface area contributed by atoms with Gasteiger partial charge in [-0.05, 0) is 12.1 Å². The Kier molecular flexibility index (Phi) is 4.08. The molecule has 0 aliphatic rings. The van der Waals surface area contributed by atoms with Crippen LogP contribution in [0.4, 0.5) is 5.82 Å². The van der Waals surface area contributed by atoms with Gasteiger partial charge in [-0.25, -0.2) is 9.19 Å².